The molecule has 29 heavy (non-hydrogen) atoms. The van der Waals surface area contributed by atoms with Crippen molar-refractivity contribution >= 4 is 15.5 Å². The number of nitrogens with zero attached hydrogens (tertiary/aromatic N) is 5. The highest BCUT2D eigenvalue weighted by molar-refractivity contribution is 7.90. The number of aromatic nitrogens is 4. The summed E-state index contributed by atoms with van der Waals surface area (Å²) in [6, 6.07) is 8.10. The van der Waals surface area contributed by atoms with E-state index in [1.165, 1.54) is 18.5 Å². The molecule has 0 amide bonds. The van der Waals surface area contributed by atoms with Gasteiger partial charge in [0.15, 0.2) is 9.84 Å². The minimum Gasteiger partial charge on any atom is -0.370 e. The van der Waals surface area contributed by atoms with Crippen molar-refractivity contribution in [2.24, 2.45) is 7.05 Å². The fourth-order valence-electron chi connectivity index (χ4n) is 3.94. The highest BCUT2D eigenvalue weighted by Gasteiger charge is 2.28. The topological polar surface area (TPSA) is 81.0 Å². The van der Waals surface area contributed by atoms with Crippen LogP contribution < -0.4 is 4.90 Å². The maximum atomic E-state index is 13.3. The summed E-state index contributed by atoms with van der Waals surface area (Å²) in [5.41, 5.74) is 2.07. The minimum absolute atomic E-state index is 0.274. The summed E-state index contributed by atoms with van der Waals surface area (Å²) in [5.74, 6) is 0.656. The van der Waals surface area contributed by atoms with Gasteiger partial charge in [0.25, 0.3) is 0 Å². The first-order chi connectivity index (χ1) is 13.8. The molecule has 1 aliphatic rings. The van der Waals surface area contributed by atoms with Crippen LogP contribution in [0.2, 0.25) is 0 Å². The van der Waals surface area contributed by atoms with E-state index in [0.29, 0.717) is 24.3 Å². The molecule has 1 aliphatic heterocycles. The zero-order chi connectivity index (χ0) is 20.6. The molecule has 7 nitrogen and oxygen atoms in total. The minimum atomic E-state index is -3.45. The van der Waals surface area contributed by atoms with Crippen molar-refractivity contribution < 1.29 is 12.8 Å². The second-order valence-electron chi connectivity index (χ2n) is 7.36. The Hall–Kier alpha value is -2.81. The quantitative estimate of drug-likeness (QED) is 0.610. The number of hydrogen-bond donors (Lipinski definition) is 0. The Morgan fingerprint density at radius 1 is 1.14 bits per heavy atom. The third-order valence-electron chi connectivity index (χ3n) is 5.36. The van der Waals surface area contributed by atoms with E-state index in [1.807, 2.05) is 17.7 Å². The molecule has 0 atom stereocenters. The van der Waals surface area contributed by atoms with Crippen molar-refractivity contribution in [1.82, 2.24) is 19.7 Å². The molecular formula is C20H22FN5O2S. The van der Waals surface area contributed by atoms with Crippen molar-refractivity contribution in [2.75, 3.05) is 24.2 Å². The molecule has 4 rings (SSSR count). The second kappa shape index (κ2) is 7.55. The van der Waals surface area contributed by atoms with Gasteiger partial charge in [-0.25, -0.2) is 13.4 Å². The van der Waals surface area contributed by atoms with Gasteiger partial charge in [-0.1, -0.05) is 12.1 Å². The molecule has 0 saturated carbocycles. The first-order valence-electron chi connectivity index (χ1n) is 9.38. The molecule has 9 heteroatoms. The Bertz CT molecular complexity index is 1120. The number of para-hydroxylation sites is 1. The molecular weight excluding hydrogens is 393 g/mol. The van der Waals surface area contributed by atoms with Crippen LogP contribution in [0.5, 0.6) is 0 Å². The molecule has 3 aromatic rings. The lowest BCUT2D eigenvalue weighted by Crippen LogP contribution is -2.35. The predicted octanol–water partition coefficient (Wildman–Crippen LogP) is 2.80. The van der Waals surface area contributed by atoms with E-state index in [0.717, 1.165) is 24.2 Å². The van der Waals surface area contributed by atoms with Gasteiger partial charge in [-0.3, -0.25) is 0 Å². The Morgan fingerprint density at radius 3 is 2.48 bits per heavy atom. The smallest absolute Gasteiger partial charge is 0.212 e. The Morgan fingerprint density at radius 2 is 1.90 bits per heavy atom. The van der Waals surface area contributed by atoms with Crippen LogP contribution in [0, 0.1) is 5.95 Å². The van der Waals surface area contributed by atoms with E-state index in [1.54, 1.807) is 24.5 Å². The van der Waals surface area contributed by atoms with Crippen molar-refractivity contribution in [2.45, 2.75) is 23.7 Å². The molecule has 152 valence electrons. The molecule has 0 aliphatic carbocycles. The van der Waals surface area contributed by atoms with E-state index < -0.39 is 15.8 Å². The summed E-state index contributed by atoms with van der Waals surface area (Å²) in [6.07, 6.45) is 6.02. The van der Waals surface area contributed by atoms with Crippen LogP contribution in [0.25, 0.3) is 11.1 Å². The van der Waals surface area contributed by atoms with Gasteiger partial charge in [0.2, 0.25) is 5.95 Å². The normalized spacial score (nSPS) is 15.6. The molecule has 0 unspecified atom stereocenters. The molecule has 0 N–H and O–H groups in total. The average molecular weight is 415 g/mol. The first kappa shape index (κ1) is 19.5. The van der Waals surface area contributed by atoms with Crippen molar-refractivity contribution in [3.8, 4) is 11.1 Å². The average Bonchev–Trinajstić information content (AvgIpc) is 3.13. The van der Waals surface area contributed by atoms with Crippen LogP contribution in [-0.2, 0) is 16.9 Å². The van der Waals surface area contributed by atoms with Gasteiger partial charge in [-0.05, 0) is 31.0 Å². The molecule has 0 spiro atoms. The maximum Gasteiger partial charge on any atom is 0.212 e. The summed E-state index contributed by atoms with van der Waals surface area (Å²) >= 11 is 0. The zero-order valence-electron chi connectivity index (χ0n) is 16.3. The van der Waals surface area contributed by atoms with E-state index >= 15 is 0 Å². The molecule has 0 bridgehead atoms. The Labute approximate surface area is 169 Å². The molecule has 3 heterocycles. The van der Waals surface area contributed by atoms with Crippen molar-refractivity contribution in [3.63, 3.8) is 0 Å². The molecule has 2 aromatic heterocycles. The van der Waals surface area contributed by atoms with Gasteiger partial charge in [-0.2, -0.15) is 4.39 Å². The number of hydrogen-bond acceptors (Lipinski definition) is 6. The number of pyridine rings is 1. The van der Waals surface area contributed by atoms with Gasteiger partial charge in [0, 0.05) is 49.6 Å². The van der Waals surface area contributed by atoms with Crippen LogP contribution in [0.15, 0.2) is 47.8 Å². The van der Waals surface area contributed by atoms with Crippen LogP contribution in [0.4, 0.5) is 10.1 Å². The lowest BCUT2D eigenvalue weighted by atomic mass is 9.94. The Kier molecular flexibility index (Phi) is 5.08. The number of rotatable bonds is 4. The fourth-order valence-corrected chi connectivity index (χ4v) is 4.85. The van der Waals surface area contributed by atoms with E-state index in [2.05, 4.69) is 20.1 Å². The van der Waals surface area contributed by atoms with Gasteiger partial charge in [0.1, 0.15) is 12.2 Å². The lowest BCUT2D eigenvalue weighted by Gasteiger charge is -2.35. The van der Waals surface area contributed by atoms with Gasteiger partial charge in [-0.15, -0.1) is 10.2 Å². The number of anilines is 1. The van der Waals surface area contributed by atoms with E-state index in [-0.39, 0.29) is 10.8 Å². The van der Waals surface area contributed by atoms with E-state index in [4.69, 9.17) is 0 Å². The van der Waals surface area contributed by atoms with Gasteiger partial charge in [0.05, 0.1) is 10.6 Å². The van der Waals surface area contributed by atoms with Crippen LogP contribution in [0.3, 0.4) is 0 Å². The maximum absolute atomic E-state index is 13.3. The summed E-state index contributed by atoms with van der Waals surface area (Å²) in [7, 11) is -1.52. The monoisotopic (exact) mass is 415 g/mol. The second-order valence-corrected chi connectivity index (χ2v) is 9.34. The molecule has 0 radical (unpaired) electrons. The fraction of sp³-hybridized carbons (Fsp3) is 0.350. The lowest BCUT2D eigenvalue weighted by molar-refractivity contribution is 0.473. The molecule has 1 aromatic carbocycles. The third kappa shape index (κ3) is 3.87. The highest BCUT2D eigenvalue weighted by atomic mass is 32.2. The number of halogens is 1. The summed E-state index contributed by atoms with van der Waals surface area (Å²) in [4.78, 5) is 6.11. The largest absolute Gasteiger partial charge is 0.370 e. The van der Waals surface area contributed by atoms with Crippen molar-refractivity contribution in [3.05, 3.63) is 54.6 Å². The number of piperidine rings is 1. The van der Waals surface area contributed by atoms with Gasteiger partial charge < -0.3 is 9.47 Å². The zero-order valence-corrected chi connectivity index (χ0v) is 17.1. The Balaban J connectivity index is 1.72. The third-order valence-corrected chi connectivity index (χ3v) is 6.49. The predicted molar refractivity (Wildman–Crippen MR) is 108 cm³/mol. The number of benzene rings is 1. The molecule has 1 fully saturated rings. The first-order valence-corrected chi connectivity index (χ1v) is 11.3. The summed E-state index contributed by atoms with van der Waals surface area (Å²) in [5, 5.41) is 8.19. The SMILES string of the molecule is Cn1cnnc1C1CCN(c2c(-c3ccc(F)nc3)cccc2S(C)(=O)=O)CC1. The van der Waals surface area contributed by atoms with Crippen molar-refractivity contribution in [1.29, 1.82) is 0 Å². The highest BCUT2D eigenvalue weighted by Crippen LogP contribution is 2.39. The van der Waals surface area contributed by atoms with Crippen LogP contribution >= 0.6 is 0 Å². The van der Waals surface area contributed by atoms with Gasteiger partial charge >= 0.3 is 0 Å². The summed E-state index contributed by atoms with van der Waals surface area (Å²) in [6.45, 7) is 1.37. The summed E-state index contributed by atoms with van der Waals surface area (Å²) < 4.78 is 40.2. The van der Waals surface area contributed by atoms with E-state index in [9.17, 15) is 12.8 Å². The van der Waals surface area contributed by atoms with Crippen LogP contribution in [0.1, 0.15) is 24.6 Å². The standard InChI is InChI=1S/C20H22FN5O2S/c1-25-13-23-24-20(25)14-8-10-26(11-9-14)19-16(15-6-7-18(21)22-12-15)4-3-5-17(19)29(2,27)28/h3-7,12-14H,8-11H2,1-2H3. The van der Waals surface area contributed by atoms with Crippen LogP contribution in [-0.4, -0.2) is 47.5 Å². The number of sulfone groups is 1. The molecule has 1 saturated heterocycles. The number of aryl methyl sites for hydroxylation is 1.